The van der Waals surface area contributed by atoms with Crippen LogP contribution < -0.4 is 11.2 Å². The maximum absolute atomic E-state index is 11.6. The van der Waals surface area contributed by atoms with Crippen LogP contribution in [0, 0.1) is 6.92 Å². The van der Waals surface area contributed by atoms with Crippen LogP contribution in [0.5, 0.6) is 0 Å². The van der Waals surface area contributed by atoms with Crippen molar-refractivity contribution in [2.45, 2.75) is 52.5 Å². The summed E-state index contributed by atoms with van der Waals surface area (Å²) in [5.41, 5.74) is -0.0380. The van der Waals surface area contributed by atoms with Gasteiger partial charge < -0.3 is 4.74 Å². The summed E-state index contributed by atoms with van der Waals surface area (Å²) in [4.78, 5) is 35.8. The fourth-order valence-corrected chi connectivity index (χ4v) is 1.93. The molecule has 0 aliphatic heterocycles. The predicted octanol–water partition coefficient (Wildman–Crippen LogP) is 1.36. The molecule has 0 unspecified atom stereocenters. The lowest BCUT2D eigenvalue weighted by atomic mass is 10.2. The van der Waals surface area contributed by atoms with Gasteiger partial charge in [-0.1, -0.05) is 13.3 Å². The Morgan fingerprint density at radius 2 is 1.95 bits per heavy atom. The second kappa shape index (κ2) is 8.35. The van der Waals surface area contributed by atoms with E-state index in [4.69, 9.17) is 4.74 Å². The molecule has 20 heavy (non-hydrogen) atoms. The summed E-state index contributed by atoms with van der Waals surface area (Å²) in [6, 6.07) is 1.42. The molecule has 112 valence electrons. The Kier molecular flexibility index (Phi) is 6.76. The molecule has 0 saturated heterocycles. The average molecular weight is 282 g/mol. The molecule has 0 aliphatic carbocycles. The van der Waals surface area contributed by atoms with Gasteiger partial charge in [-0.05, 0) is 26.2 Å². The molecular weight excluding hydrogens is 260 g/mol. The molecule has 1 heterocycles. The second-order valence-corrected chi connectivity index (χ2v) is 4.72. The van der Waals surface area contributed by atoms with E-state index >= 15 is 0 Å². The highest BCUT2D eigenvalue weighted by atomic mass is 16.5. The number of nitrogens with zero attached hydrogens (tertiary/aromatic N) is 1. The van der Waals surface area contributed by atoms with Gasteiger partial charge in [0, 0.05) is 24.7 Å². The third-order valence-electron chi connectivity index (χ3n) is 3.07. The Balaban J connectivity index is 2.24. The highest BCUT2D eigenvalue weighted by molar-refractivity contribution is 5.68. The van der Waals surface area contributed by atoms with Gasteiger partial charge in [-0.3, -0.25) is 19.1 Å². The van der Waals surface area contributed by atoms with Gasteiger partial charge in [-0.25, -0.2) is 4.79 Å². The van der Waals surface area contributed by atoms with E-state index in [0.29, 0.717) is 25.3 Å². The van der Waals surface area contributed by atoms with Gasteiger partial charge in [0.2, 0.25) is 0 Å². The summed E-state index contributed by atoms with van der Waals surface area (Å²) < 4.78 is 6.54. The predicted molar refractivity (Wildman–Crippen MR) is 75.8 cm³/mol. The first kappa shape index (κ1) is 16.2. The maximum Gasteiger partial charge on any atom is 0.328 e. The number of hydrogen-bond acceptors (Lipinski definition) is 4. The molecule has 6 heteroatoms. The number of hydrogen-bond donors (Lipinski definition) is 1. The fraction of sp³-hybridized carbons (Fsp3) is 0.643. The molecule has 0 aromatic carbocycles. The third-order valence-corrected chi connectivity index (χ3v) is 3.07. The molecule has 0 aliphatic rings. The van der Waals surface area contributed by atoms with Crippen LogP contribution in [0.1, 0.15) is 44.7 Å². The van der Waals surface area contributed by atoms with Crippen LogP contribution in [-0.4, -0.2) is 22.1 Å². The lowest BCUT2D eigenvalue weighted by Gasteiger charge is -2.08. The second-order valence-electron chi connectivity index (χ2n) is 4.72. The summed E-state index contributed by atoms with van der Waals surface area (Å²) in [5.74, 6) is -0.166. The van der Waals surface area contributed by atoms with Crippen molar-refractivity contribution in [2.75, 3.05) is 6.61 Å². The number of unbranched alkanes of at least 4 members (excludes halogenated alkanes) is 3. The van der Waals surface area contributed by atoms with Crippen LogP contribution >= 0.6 is 0 Å². The van der Waals surface area contributed by atoms with Crippen molar-refractivity contribution in [1.82, 2.24) is 9.55 Å². The van der Waals surface area contributed by atoms with Gasteiger partial charge in [0.25, 0.3) is 5.56 Å². The Bertz CT molecular complexity index is 545. The molecule has 0 radical (unpaired) electrons. The first-order chi connectivity index (χ1) is 9.54. The first-order valence-corrected chi connectivity index (χ1v) is 7.01. The topological polar surface area (TPSA) is 81.2 Å². The zero-order chi connectivity index (χ0) is 15.0. The zero-order valence-corrected chi connectivity index (χ0v) is 12.1. The van der Waals surface area contributed by atoms with Crippen molar-refractivity contribution in [2.24, 2.45) is 0 Å². The van der Waals surface area contributed by atoms with E-state index in [1.165, 1.54) is 6.07 Å². The smallest absolute Gasteiger partial charge is 0.328 e. The summed E-state index contributed by atoms with van der Waals surface area (Å²) in [5, 5.41) is 0. The van der Waals surface area contributed by atoms with Crippen molar-refractivity contribution < 1.29 is 9.53 Å². The number of esters is 1. The highest BCUT2D eigenvalue weighted by Gasteiger charge is 2.02. The van der Waals surface area contributed by atoms with E-state index < -0.39 is 0 Å². The van der Waals surface area contributed by atoms with Crippen molar-refractivity contribution in [3.05, 3.63) is 32.6 Å². The van der Waals surface area contributed by atoms with Crippen LogP contribution in [0.2, 0.25) is 0 Å². The largest absolute Gasteiger partial charge is 0.466 e. The minimum Gasteiger partial charge on any atom is -0.466 e. The number of aryl methyl sites for hydroxylation is 1. The van der Waals surface area contributed by atoms with E-state index in [9.17, 15) is 14.4 Å². The molecule has 0 fully saturated rings. The van der Waals surface area contributed by atoms with Crippen LogP contribution in [-0.2, 0) is 16.1 Å². The van der Waals surface area contributed by atoms with Crippen molar-refractivity contribution in [3.63, 3.8) is 0 Å². The van der Waals surface area contributed by atoms with E-state index in [1.54, 1.807) is 18.4 Å². The van der Waals surface area contributed by atoms with Crippen molar-refractivity contribution >= 4 is 5.97 Å². The number of ether oxygens (including phenoxy) is 1. The molecule has 0 saturated carbocycles. The zero-order valence-electron chi connectivity index (χ0n) is 12.1. The number of rotatable bonds is 8. The summed E-state index contributed by atoms with van der Waals surface area (Å²) in [7, 11) is 0. The molecule has 0 spiro atoms. The molecular formula is C14H22N2O4. The standard InChI is InChI=1S/C14H22N2O4/c1-3-13(18)20-9-7-5-4-6-8-16-11(2)10-12(17)15-14(16)19/h10H,3-9H2,1-2H3,(H,15,17,19). The minimum absolute atomic E-state index is 0.166. The maximum atomic E-state index is 11.6. The summed E-state index contributed by atoms with van der Waals surface area (Å²) in [6.45, 7) is 4.58. The van der Waals surface area contributed by atoms with Gasteiger partial charge in [0.15, 0.2) is 0 Å². The molecule has 0 bridgehead atoms. The first-order valence-electron chi connectivity index (χ1n) is 7.01. The quantitative estimate of drug-likeness (QED) is 0.576. The SMILES string of the molecule is CCC(=O)OCCCCCCn1c(C)cc(=O)[nH]c1=O. The van der Waals surface area contributed by atoms with E-state index in [1.807, 2.05) is 0 Å². The number of carbonyl (C=O) groups excluding carboxylic acids is 1. The molecule has 0 amide bonds. The van der Waals surface area contributed by atoms with E-state index in [2.05, 4.69) is 4.98 Å². The van der Waals surface area contributed by atoms with E-state index in [0.717, 1.165) is 25.7 Å². The average Bonchev–Trinajstić information content (AvgIpc) is 2.39. The lowest BCUT2D eigenvalue weighted by molar-refractivity contribution is -0.143. The number of aromatic nitrogens is 2. The van der Waals surface area contributed by atoms with Gasteiger partial charge in [0.1, 0.15) is 0 Å². The molecule has 6 nitrogen and oxygen atoms in total. The monoisotopic (exact) mass is 282 g/mol. The number of aromatic amines is 1. The molecule has 1 N–H and O–H groups in total. The lowest BCUT2D eigenvalue weighted by Crippen LogP contribution is -2.31. The van der Waals surface area contributed by atoms with Crippen molar-refractivity contribution in [1.29, 1.82) is 0 Å². The molecule has 1 aromatic rings. The minimum atomic E-state index is -0.360. The summed E-state index contributed by atoms with van der Waals surface area (Å²) in [6.07, 6.45) is 4.01. The molecule has 0 atom stereocenters. The van der Waals surface area contributed by atoms with Crippen molar-refractivity contribution in [3.8, 4) is 0 Å². The number of carbonyl (C=O) groups is 1. The van der Waals surface area contributed by atoms with E-state index in [-0.39, 0.29) is 17.2 Å². The molecule has 1 rings (SSSR count). The van der Waals surface area contributed by atoms with Crippen LogP contribution in [0.4, 0.5) is 0 Å². The Morgan fingerprint density at radius 3 is 2.60 bits per heavy atom. The normalized spacial score (nSPS) is 10.5. The number of nitrogens with one attached hydrogen (secondary N) is 1. The summed E-state index contributed by atoms with van der Waals surface area (Å²) >= 11 is 0. The van der Waals surface area contributed by atoms with Gasteiger partial charge in [0.05, 0.1) is 6.61 Å². The highest BCUT2D eigenvalue weighted by Crippen LogP contribution is 2.03. The number of H-pyrrole nitrogens is 1. The molecule has 1 aromatic heterocycles. The van der Waals surface area contributed by atoms with Gasteiger partial charge in [-0.15, -0.1) is 0 Å². The Hall–Kier alpha value is -1.85. The van der Waals surface area contributed by atoms with Crippen LogP contribution in [0.15, 0.2) is 15.7 Å². The Labute approximate surface area is 117 Å². The van der Waals surface area contributed by atoms with Crippen LogP contribution in [0.25, 0.3) is 0 Å². The van der Waals surface area contributed by atoms with Crippen LogP contribution in [0.3, 0.4) is 0 Å². The third kappa shape index (κ3) is 5.42. The van der Waals surface area contributed by atoms with Gasteiger partial charge in [-0.2, -0.15) is 0 Å². The Morgan fingerprint density at radius 1 is 1.25 bits per heavy atom. The van der Waals surface area contributed by atoms with Gasteiger partial charge >= 0.3 is 11.7 Å². The fourth-order valence-electron chi connectivity index (χ4n) is 1.93.